The standard InChI is InChI=1S/C21H37NO3/c1-2-3-4-5-6-7-8-9-10-11-12-14-19(21(23)24)15-13-16-20-22-17-18-25-20/h19,21,23-24H,2-12,14,16-18H2,1H3. The maximum atomic E-state index is 9.46. The molecular weight excluding hydrogens is 314 g/mol. The van der Waals surface area contributed by atoms with E-state index in [-0.39, 0.29) is 5.92 Å². The molecule has 1 atom stereocenters. The molecule has 0 bridgehead atoms. The first-order chi connectivity index (χ1) is 12.2. The number of rotatable bonds is 14. The van der Waals surface area contributed by atoms with Crippen LogP contribution >= 0.6 is 0 Å². The number of hydrogen-bond acceptors (Lipinski definition) is 4. The Bertz CT molecular complexity index is 409. The topological polar surface area (TPSA) is 62.0 Å². The number of aliphatic imine (C=N–C) groups is 1. The maximum absolute atomic E-state index is 9.46. The molecule has 0 aromatic heterocycles. The van der Waals surface area contributed by atoms with Crippen LogP contribution < -0.4 is 0 Å². The Morgan fingerprint density at radius 2 is 1.56 bits per heavy atom. The van der Waals surface area contributed by atoms with Crippen molar-refractivity contribution in [3.63, 3.8) is 0 Å². The van der Waals surface area contributed by atoms with E-state index in [4.69, 9.17) is 4.74 Å². The van der Waals surface area contributed by atoms with Crippen LogP contribution in [0, 0.1) is 17.8 Å². The predicted molar refractivity (Wildman–Crippen MR) is 103 cm³/mol. The average molecular weight is 352 g/mol. The molecule has 0 radical (unpaired) electrons. The minimum Gasteiger partial charge on any atom is -0.478 e. The van der Waals surface area contributed by atoms with Crippen molar-refractivity contribution in [2.45, 2.75) is 96.7 Å². The van der Waals surface area contributed by atoms with E-state index in [1.54, 1.807) is 0 Å². The molecule has 0 saturated carbocycles. The molecule has 0 aliphatic carbocycles. The smallest absolute Gasteiger partial charge is 0.195 e. The van der Waals surface area contributed by atoms with Crippen molar-refractivity contribution in [2.75, 3.05) is 13.2 Å². The van der Waals surface area contributed by atoms with Crippen molar-refractivity contribution in [2.24, 2.45) is 10.9 Å². The van der Waals surface area contributed by atoms with Gasteiger partial charge in [-0.25, -0.2) is 0 Å². The van der Waals surface area contributed by atoms with E-state index in [0.29, 0.717) is 25.5 Å². The second-order valence-electron chi connectivity index (χ2n) is 6.97. The van der Waals surface area contributed by atoms with Crippen molar-refractivity contribution < 1.29 is 14.9 Å². The molecule has 0 aromatic rings. The maximum Gasteiger partial charge on any atom is 0.195 e. The van der Waals surface area contributed by atoms with Gasteiger partial charge in [0.05, 0.1) is 18.9 Å². The minimum atomic E-state index is -1.36. The van der Waals surface area contributed by atoms with Crippen LogP contribution in [0.5, 0.6) is 0 Å². The highest BCUT2D eigenvalue weighted by atomic mass is 16.5. The van der Waals surface area contributed by atoms with E-state index in [2.05, 4.69) is 23.8 Å². The average Bonchev–Trinajstić information content (AvgIpc) is 3.11. The molecule has 1 aliphatic rings. The molecule has 0 aromatic carbocycles. The first-order valence-electron chi connectivity index (χ1n) is 10.2. The highest BCUT2D eigenvalue weighted by Gasteiger charge is 2.13. The molecule has 4 heteroatoms. The fourth-order valence-electron chi connectivity index (χ4n) is 3.07. The first kappa shape index (κ1) is 22.0. The van der Waals surface area contributed by atoms with Gasteiger partial charge in [-0.1, -0.05) is 89.4 Å². The Morgan fingerprint density at radius 3 is 2.08 bits per heavy atom. The number of aliphatic hydroxyl groups excluding tert-OH is 1. The van der Waals surface area contributed by atoms with E-state index >= 15 is 0 Å². The molecule has 25 heavy (non-hydrogen) atoms. The summed E-state index contributed by atoms with van der Waals surface area (Å²) >= 11 is 0. The molecule has 1 heterocycles. The second-order valence-corrected chi connectivity index (χ2v) is 6.97. The van der Waals surface area contributed by atoms with Gasteiger partial charge in [0.25, 0.3) is 0 Å². The summed E-state index contributed by atoms with van der Waals surface area (Å²) < 4.78 is 5.29. The van der Waals surface area contributed by atoms with Crippen LogP contribution in [0.15, 0.2) is 4.99 Å². The summed E-state index contributed by atoms with van der Waals surface area (Å²) in [6.07, 6.45) is 14.1. The lowest BCUT2D eigenvalue weighted by atomic mass is 9.99. The molecule has 0 spiro atoms. The summed E-state index contributed by atoms with van der Waals surface area (Å²) in [6.45, 7) is 3.61. The second kappa shape index (κ2) is 15.2. The Labute approximate surface area is 154 Å². The Balaban J connectivity index is 2.00. The van der Waals surface area contributed by atoms with Crippen molar-refractivity contribution in [3.05, 3.63) is 0 Å². The van der Waals surface area contributed by atoms with Crippen LogP contribution in [0.2, 0.25) is 0 Å². The van der Waals surface area contributed by atoms with Crippen molar-refractivity contribution in [1.29, 1.82) is 0 Å². The fourth-order valence-corrected chi connectivity index (χ4v) is 3.07. The Kier molecular flexibility index (Phi) is 13.4. The summed E-state index contributed by atoms with van der Waals surface area (Å²) in [7, 11) is 0. The quantitative estimate of drug-likeness (QED) is 0.276. The predicted octanol–water partition coefficient (Wildman–Crippen LogP) is 4.44. The normalized spacial score (nSPS) is 14.8. The number of unbranched alkanes of at least 4 members (excludes halogenated alkanes) is 10. The first-order valence-corrected chi connectivity index (χ1v) is 10.2. The summed E-state index contributed by atoms with van der Waals surface area (Å²) in [5.41, 5.74) is 0. The molecule has 0 amide bonds. The van der Waals surface area contributed by atoms with E-state index in [1.165, 1.54) is 57.8 Å². The SMILES string of the molecule is CCCCCCCCCCCCCC(C#CCC1=NCCO1)C(O)O. The van der Waals surface area contributed by atoms with Crippen LogP contribution in [-0.2, 0) is 4.74 Å². The largest absolute Gasteiger partial charge is 0.478 e. The third-order valence-electron chi connectivity index (χ3n) is 4.65. The zero-order valence-electron chi connectivity index (χ0n) is 16.0. The lowest BCUT2D eigenvalue weighted by molar-refractivity contribution is -0.0695. The van der Waals surface area contributed by atoms with Crippen molar-refractivity contribution >= 4 is 5.90 Å². The molecule has 0 fully saturated rings. The van der Waals surface area contributed by atoms with Gasteiger partial charge in [-0.2, -0.15) is 0 Å². The van der Waals surface area contributed by atoms with Gasteiger partial charge >= 0.3 is 0 Å². The molecule has 144 valence electrons. The summed E-state index contributed by atoms with van der Waals surface area (Å²) in [5.74, 6) is 6.26. The minimum absolute atomic E-state index is 0.361. The Morgan fingerprint density at radius 1 is 0.960 bits per heavy atom. The number of hydrogen-bond donors (Lipinski definition) is 2. The summed E-state index contributed by atoms with van der Waals surface area (Å²) in [5, 5.41) is 18.9. The molecule has 4 nitrogen and oxygen atoms in total. The zero-order chi connectivity index (χ0) is 18.2. The van der Waals surface area contributed by atoms with E-state index in [0.717, 1.165) is 19.3 Å². The van der Waals surface area contributed by atoms with Crippen LogP contribution in [0.3, 0.4) is 0 Å². The van der Waals surface area contributed by atoms with Gasteiger partial charge in [-0.3, -0.25) is 4.99 Å². The molecule has 1 unspecified atom stereocenters. The fraction of sp³-hybridized carbons (Fsp3) is 0.857. The number of ether oxygens (including phenoxy) is 1. The monoisotopic (exact) mass is 351 g/mol. The third-order valence-corrected chi connectivity index (χ3v) is 4.65. The van der Waals surface area contributed by atoms with Crippen LogP contribution in [0.4, 0.5) is 0 Å². The van der Waals surface area contributed by atoms with Crippen LogP contribution in [0.25, 0.3) is 0 Å². The van der Waals surface area contributed by atoms with Crippen molar-refractivity contribution in [3.8, 4) is 11.8 Å². The molecule has 1 aliphatic heterocycles. The lowest BCUT2D eigenvalue weighted by Gasteiger charge is -2.12. The van der Waals surface area contributed by atoms with Crippen molar-refractivity contribution in [1.82, 2.24) is 0 Å². The number of nitrogens with zero attached hydrogens (tertiary/aromatic N) is 1. The zero-order valence-corrected chi connectivity index (χ0v) is 16.0. The van der Waals surface area contributed by atoms with E-state index < -0.39 is 6.29 Å². The third kappa shape index (κ3) is 12.0. The Hall–Kier alpha value is -1.05. The van der Waals surface area contributed by atoms with Crippen LogP contribution in [0.1, 0.15) is 90.4 Å². The number of aliphatic hydroxyl groups is 2. The summed E-state index contributed by atoms with van der Waals surface area (Å²) in [4.78, 5) is 4.18. The van der Waals surface area contributed by atoms with Gasteiger partial charge in [0.2, 0.25) is 0 Å². The molecule has 2 N–H and O–H groups in total. The van der Waals surface area contributed by atoms with Gasteiger partial charge in [0, 0.05) is 0 Å². The molecule has 0 saturated heterocycles. The summed E-state index contributed by atoms with van der Waals surface area (Å²) in [6, 6.07) is 0. The van der Waals surface area contributed by atoms with Gasteiger partial charge in [0.15, 0.2) is 12.2 Å². The highest BCUT2D eigenvalue weighted by molar-refractivity contribution is 5.79. The van der Waals surface area contributed by atoms with Gasteiger partial charge in [0.1, 0.15) is 6.61 Å². The van der Waals surface area contributed by atoms with Crippen LogP contribution in [-0.4, -0.2) is 35.6 Å². The van der Waals surface area contributed by atoms with E-state index in [1.807, 2.05) is 0 Å². The molecule has 1 rings (SSSR count). The highest BCUT2D eigenvalue weighted by Crippen LogP contribution is 2.15. The van der Waals surface area contributed by atoms with Gasteiger partial charge in [-0.15, -0.1) is 0 Å². The van der Waals surface area contributed by atoms with E-state index in [9.17, 15) is 10.2 Å². The lowest BCUT2D eigenvalue weighted by Crippen LogP contribution is -2.18. The van der Waals surface area contributed by atoms with Gasteiger partial charge < -0.3 is 14.9 Å². The molecular formula is C21H37NO3. The van der Waals surface area contributed by atoms with Gasteiger partial charge in [-0.05, 0) is 6.42 Å².